The molecule has 1 fully saturated rings. The third-order valence-electron chi connectivity index (χ3n) is 3.66. The maximum Gasteiger partial charge on any atom is 0.167 e. The second-order valence-corrected chi connectivity index (χ2v) is 5.08. The predicted molar refractivity (Wildman–Crippen MR) is 69.3 cm³/mol. The Balaban J connectivity index is 1.83. The highest BCUT2D eigenvalue weighted by molar-refractivity contribution is 6.18. The summed E-state index contributed by atoms with van der Waals surface area (Å²) >= 11 is 5.71. The SMILES string of the molecule is Nc1ncnc2c1ncn2C(O)CC1C(O)C1CCl. The van der Waals surface area contributed by atoms with Crippen LogP contribution in [0.4, 0.5) is 5.82 Å². The summed E-state index contributed by atoms with van der Waals surface area (Å²) in [6.45, 7) is 0. The molecule has 8 heteroatoms. The van der Waals surface area contributed by atoms with Crippen molar-refractivity contribution in [3.63, 3.8) is 0 Å². The quantitative estimate of drug-likeness (QED) is 0.688. The van der Waals surface area contributed by atoms with Crippen LogP contribution >= 0.6 is 11.6 Å². The van der Waals surface area contributed by atoms with E-state index in [1.54, 1.807) is 0 Å². The summed E-state index contributed by atoms with van der Waals surface area (Å²) in [4.78, 5) is 12.0. The summed E-state index contributed by atoms with van der Waals surface area (Å²) in [7, 11) is 0. The number of nitrogen functional groups attached to an aromatic ring is 1. The van der Waals surface area contributed by atoms with Gasteiger partial charge in [0.05, 0.1) is 12.4 Å². The van der Waals surface area contributed by atoms with Crippen molar-refractivity contribution in [3.8, 4) is 0 Å². The molecule has 4 atom stereocenters. The van der Waals surface area contributed by atoms with E-state index in [4.69, 9.17) is 17.3 Å². The van der Waals surface area contributed by atoms with Crippen molar-refractivity contribution in [3.05, 3.63) is 12.7 Å². The molecule has 4 unspecified atom stereocenters. The van der Waals surface area contributed by atoms with Crippen LogP contribution in [0.15, 0.2) is 12.7 Å². The molecular weight excluding hydrogens is 270 g/mol. The van der Waals surface area contributed by atoms with Crippen molar-refractivity contribution in [1.29, 1.82) is 0 Å². The molecule has 3 rings (SSSR count). The van der Waals surface area contributed by atoms with E-state index in [1.165, 1.54) is 17.2 Å². The Morgan fingerprint density at radius 3 is 2.84 bits per heavy atom. The number of hydrogen-bond donors (Lipinski definition) is 3. The van der Waals surface area contributed by atoms with Gasteiger partial charge in [0.1, 0.15) is 18.1 Å². The first-order valence-corrected chi connectivity index (χ1v) is 6.52. The van der Waals surface area contributed by atoms with Crippen molar-refractivity contribution in [2.24, 2.45) is 11.8 Å². The van der Waals surface area contributed by atoms with Gasteiger partial charge in [0.2, 0.25) is 0 Å². The van der Waals surface area contributed by atoms with Gasteiger partial charge in [-0.05, 0) is 12.3 Å². The Kier molecular flexibility index (Phi) is 3.04. The van der Waals surface area contributed by atoms with Gasteiger partial charge >= 0.3 is 0 Å². The number of rotatable bonds is 4. The van der Waals surface area contributed by atoms with Gasteiger partial charge in [-0.3, -0.25) is 4.57 Å². The maximum absolute atomic E-state index is 10.2. The highest BCUT2D eigenvalue weighted by atomic mass is 35.5. The fraction of sp³-hybridized carbons (Fsp3) is 0.545. The summed E-state index contributed by atoms with van der Waals surface area (Å²) in [5.41, 5.74) is 6.63. The van der Waals surface area contributed by atoms with Crippen LogP contribution in [0.25, 0.3) is 11.2 Å². The minimum absolute atomic E-state index is 0.0177. The van der Waals surface area contributed by atoms with Crippen LogP contribution in [0.2, 0.25) is 0 Å². The molecule has 102 valence electrons. The van der Waals surface area contributed by atoms with Gasteiger partial charge in [0.15, 0.2) is 11.5 Å². The van der Waals surface area contributed by atoms with Crippen molar-refractivity contribution < 1.29 is 10.2 Å². The highest BCUT2D eigenvalue weighted by Gasteiger charge is 2.49. The average molecular weight is 284 g/mol. The van der Waals surface area contributed by atoms with Gasteiger partial charge in [-0.25, -0.2) is 15.0 Å². The molecule has 1 saturated carbocycles. The van der Waals surface area contributed by atoms with Gasteiger partial charge in [0.25, 0.3) is 0 Å². The molecule has 0 radical (unpaired) electrons. The molecule has 0 aliphatic heterocycles. The molecule has 2 aromatic heterocycles. The standard InChI is InChI=1S/C11H14ClN5O2/c12-2-6-5(9(6)19)1-7(18)17-4-16-8-10(13)14-3-15-11(8)17/h3-7,9,18-19H,1-2H2,(H2,13,14,15). The normalized spacial score (nSPS) is 27.6. The van der Waals surface area contributed by atoms with E-state index < -0.39 is 12.3 Å². The zero-order valence-electron chi connectivity index (χ0n) is 10.0. The Morgan fingerprint density at radius 2 is 2.16 bits per heavy atom. The molecule has 7 nitrogen and oxygen atoms in total. The zero-order valence-corrected chi connectivity index (χ0v) is 10.8. The van der Waals surface area contributed by atoms with Crippen LogP contribution in [0.5, 0.6) is 0 Å². The number of aliphatic hydroxyl groups is 2. The molecule has 19 heavy (non-hydrogen) atoms. The molecule has 1 aliphatic carbocycles. The lowest BCUT2D eigenvalue weighted by Crippen LogP contribution is -2.10. The lowest BCUT2D eigenvalue weighted by atomic mass is 10.2. The highest BCUT2D eigenvalue weighted by Crippen LogP contribution is 2.44. The molecule has 0 amide bonds. The lowest BCUT2D eigenvalue weighted by molar-refractivity contribution is 0.0845. The number of aromatic nitrogens is 4. The fourth-order valence-corrected chi connectivity index (χ4v) is 2.80. The Bertz CT molecular complexity index is 604. The minimum Gasteiger partial charge on any atom is -0.392 e. The third-order valence-corrected chi connectivity index (χ3v) is 4.01. The van der Waals surface area contributed by atoms with Gasteiger partial charge in [-0.15, -0.1) is 11.6 Å². The van der Waals surface area contributed by atoms with Crippen molar-refractivity contribution in [2.45, 2.75) is 18.8 Å². The Labute approximate surface area is 114 Å². The average Bonchev–Trinajstić information content (AvgIpc) is 2.84. The topological polar surface area (TPSA) is 110 Å². The van der Waals surface area contributed by atoms with E-state index >= 15 is 0 Å². The molecule has 4 N–H and O–H groups in total. The second kappa shape index (κ2) is 4.59. The van der Waals surface area contributed by atoms with E-state index in [0.29, 0.717) is 23.5 Å². The number of nitrogens with zero attached hydrogens (tertiary/aromatic N) is 4. The first kappa shape index (κ1) is 12.6. The van der Waals surface area contributed by atoms with Crippen LogP contribution in [0.3, 0.4) is 0 Å². The predicted octanol–water partition coefficient (Wildman–Crippen LogP) is 0.135. The van der Waals surface area contributed by atoms with E-state index in [1.807, 2.05) is 0 Å². The lowest BCUT2D eigenvalue weighted by Gasteiger charge is -2.12. The van der Waals surface area contributed by atoms with E-state index in [2.05, 4.69) is 15.0 Å². The number of halogens is 1. The molecular formula is C11H14ClN5O2. The third kappa shape index (κ3) is 2.03. The first-order valence-electron chi connectivity index (χ1n) is 5.98. The van der Waals surface area contributed by atoms with Crippen LogP contribution in [0, 0.1) is 11.8 Å². The Hall–Kier alpha value is -1.44. The summed E-state index contributed by atoms with van der Waals surface area (Å²) in [6, 6.07) is 0. The number of anilines is 1. The van der Waals surface area contributed by atoms with Gasteiger partial charge in [-0.2, -0.15) is 0 Å². The van der Waals surface area contributed by atoms with Crippen molar-refractivity contribution in [2.75, 3.05) is 11.6 Å². The van der Waals surface area contributed by atoms with Crippen LogP contribution < -0.4 is 5.73 Å². The molecule has 2 heterocycles. The number of alkyl halides is 1. The monoisotopic (exact) mass is 283 g/mol. The number of imidazole rings is 1. The first-order chi connectivity index (χ1) is 9.13. The summed E-state index contributed by atoms with van der Waals surface area (Å²) in [5, 5.41) is 19.8. The summed E-state index contributed by atoms with van der Waals surface area (Å²) in [6.07, 6.45) is 1.98. The van der Waals surface area contributed by atoms with Crippen LogP contribution in [-0.4, -0.2) is 41.7 Å². The number of hydrogen-bond acceptors (Lipinski definition) is 6. The van der Waals surface area contributed by atoms with Crippen molar-refractivity contribution in [1.82, 2.24) is 19.5 Å². The van der Waals surface area contributed by atoms with Crippen LogP contribution in [-0.2, 0) is 0 Å². The zero-order chi connectivity index (χ0) is 13.6. The number of nitrogens with two attached hydrogens (primary N) is 1. The minimum atomic E-state index is -0.813. The molecule has 0 bridgehead atoms. The van der Waals surface area contributed by atoms with Gasteiger partial charge in [-0.1, -0.05) is 0 Å². The van der Waals surface area contributed by atoms with Gasteiger partial charge in [0, 0.05) is 11.8 Å². The van der Waals surface area contributed by atoms with Crippen LogP contribution in [0.1, 0.15) is 12.6 Å². The Morgan fingerprint density at radius 1 is 1.37 bits per heavy atom. The largest absolute Gasteiger partial charge is 0.392 e. The smallest absolute Gasteiger partial charge is 0.167 e. The van der Waals surface area contributed by atoms with E-state index in [0.717, 1.165) is 0 Å². The van der Waals surface area contributed by atoms with Crippen molar-refractivity contribution >= 4 is 28.6 Å². The van der Waals surface area contributed by atoms with E-state index in [9.17, 15) is 10.2 Å². The molecule has 0 saturated heterocycles. The summed E-state index contributed by atoms with van der Waals surface area (Å²) in [5.74, 6) is 0.759. The van der Waals surface area contributed by atoms with E-state index in [-0.39, 0.29) is 17.7 Å². The summed E-state index contributed by atoms with van der Waals surface area (Å²) < 4.78 is 1.53. The maximum atomic E-state index is 10.2. The number of fused-ring (bicyclic) bond motifs is 1. The number of aliphatic hydroxyl groups excluding tert-OH is 2. The molecule has 0 aromatic carbocycles. The second-order valence-electron chi connectivity index (χ2n) is 4.77. The molecule has 1 aliphatic rings. The molecule has 0 spiro atoms. The fourth-order valence-electron chi connectivity index (χ4n) is 2.39. The molecule has 2 aromatic rings. The van der Waals surface area contributed by atoms with Gasteiger partial charge < -0.3 is 15.9 Å².